The van der Waals surface area contributed by atoms with Gasteiger partial charge in [-0.1, -0.05) is 12.1 Å². The van der Waals surface area contributed by atoms with E-state index in [1.165, 1.54) is 0 Å². The van der Waals surface area contributed by atoms with Gasteiger partial charge in [0, 0.05) is 13.1 Å². The number of carbonyl (C=O) groups is 3. The van der Waals surface area contributed by atoms with Gasteiger partial charge in [0.2, 0.25) is 0 Å². The van der Waals surface area contributed by atoms with Crippen LogP contribution in [0, 0.1) is 0 Å². The van der Waals surface area contributed by atoms with Gasteiger partial charge in [0.1, 0.15) is 0 Å². The Morgan fingerprint density at radius 2 is 1.96 bits per heavy atom. The molecule has 0 bridgehead atoms. The molecule has 0 radical (unpaired) electrons. The number of benzene rings is 1. The molecule has 1 aromatic carbocycles. The number of hydrogen-bond acceptors (Lipinski definition) is 5. The topological polar surface area (TPSA) is 84.9 Å². The average Bonchev–Trinajstić information content (AvgIpc) is 2.97. The first-order valence-electron chi connectivity index (χ1n) is 7.43. The Balaban J connectivity index is 1.83. The largest absolute Gasteiger partial charge is 0.452 e. The summed E-state index contributed by atoms with van der Waals surface area (Å²) in [4.78, 5) is 36.0. The highest BCUT2D eigenvalue weighted by Crippen LogP contribution is 2.09. The zero-order valence-electron chi connectivity index (χ0n) is 13.2. The summed E-state index contributed by atoms with van der Waals surface area (Å²) in [5.74, 6) is -1.13. The molecule has 23 heavy (non-hydrogen) atoms. The van der Waals surface area contributed by atoms with Gasteiger partial charge in [0.15, 0.2) is 6.61 Å². The van der Waals surface area contributed by atoms with Gasteiger partial charge < -0.3 is 14.8 Å². The molecule has 124 valence electrons. The fourth-order valence-electron chi connectivity index (χ4n) is 2.00. The molecule has 1 heterocycles. The molecule has 0 atom stereocenters. The summed E-state index contributed by atoms with van der Waals surface area (Å²) in [5.41, 5.74) is 1.29. The molecule has 2 rings (SSSR count). The van der Waals surface area contributed by atoms with Crippen molar-refractivity contribution in [3.05, 3.63) is 35.4 Å². The Labute approximate surface area is 134 Å². The minimum absolute atomic E-state index is 0.133. The highest BCUT2D eigenvalue weighted by Gasteiger charge is 2.26. The van der Waals surface area contributed by atoms with Crippen molar-refractivity contribution in [2.75, 3.05) is 19.7 Å². The summed E-state index contributed by atoms with van der Waals surface area (Å²) in [5, 5.41) is 2.51. The van der Waals surface area contributed by atoms with Crippen LogP contribution >= 0.6 is 0 Å². The number of rotatable bonds is 6. The van der Waals surface area contributed by atoms with Crippen molar-refractivity contribution in [3.63, 3.8) is 0 Å². The van der Waals surface area contributed by atoms with Crippen LogP contribution in [0.2, 0.25) is 0 Å². The van der Waals surface area contributed by atoms with Gasteiger partial charge in [-0.3, -0.25) is 9.69 Å². The highest BCUT2D eigenvalue weighted by atomic mass is 16.5. The predicted octanol–water partition coefficient (Wildman–Crippen LogP) is 1.32. The van der Waals surface area contributed by atoms with Crippen LogP contribution in [0.25, 0.3) is 0 Å². The van der Waals surface area contributed by atoms with Gasteiger partial charge in [-0.2, -0.15) is 0 Å². The first-order chi connectivity index (χ1) is 11.0. The molecule has 0 aliphatic carbocycles. The molecule has 7 heteroatoms. The molecular formula is C16H20N2O5. The number of esters is 1. The maximum Gasteiger partial charge on any atom is 0.338 e. The van der Waals surface area contributed by atoms with E-state index in [1.54, 1.807) is 24.3 Å². The Morgan fingerprint density at radius 3 is 2.52 bits per heavy atom. The maximum atomic E-state index is 11.9. The summed E-state index contributed by atoms with van der Waals surface area (Å²) in [6.45, 7) is 4.62. The van der Waals surface area contributed by atoms with Crippen LogP contribution in [0.15, 0.2) is 24.3 Å². The molecule has 3 amide bonds. The normalized spacial score (nSPS) is 14.0. The molecule has 1 saturated heterocycles. The molecular weight excluding hydrogens is 300 g/mol. The van der Waals surface area contributed by atoms with E-state index in [-0.39, 0.29) is 6.10 Å². The van der Waals surface area contributed by atoms with Crippen LogP contribution in [-0.4, -0.2) is 48.6 Å². The number of carbonyl (C=O) groups excluding carboxylic acids is 3. The average molecular weight is 320 g/mol. The number of ether oxygens (including phenoxy) is 2. The SMILES string of the molecule is CC(C)OCc1ccc(C(=O)OCC(=O)N2CCNC2=O)cc1. The predicted molar refractivity (Wildman–Crippen MR) is 81.8 cm³/mol. The highest BCUT2D eigenvalue weighted by molar-refractivity contribution is 5.98. The van der Waals surface area contributed by atoms with Crippen LogP contribution in [0.3, 0.4) is 0 Å². The zero-order valence-corrected chi connectivity index (χ0v) is 13.2. The maximum absolute atomic E-state index is 11.9. The third-order valence-corrected chi connectivity index (χ3v) is 3.26. The summed E-state index contributed by atoms with van der Waals surface area (Å²) in [6.07, 6.45) is 0.133. The lowest BCUT2D eigenvalue weighted by Crippen LogP contribution is -2.37. The van der Waals surface area contributed by atoms with Crippen molar-refractivity contribution >= 4 is 17.9 Å². The van der Waals surface area contributed by atoms with E-state index in [1.807, 2.05) is 13.8 Å². The molecule has 1 aliphatic rings. The molecule has 0 spiro atoms. The third-order valence-electron chi connectivity index (χ3n) is 3.26. The van der Waals surface area contributed by atoms with E-state index < -0.39 is 24.5 Å². The first kappa shape index (κ1) is 17.0. The van der Waals surface area contributed by atoms with Crippen molar-refractivity contribution in [3.8, 4) is 0 Å². The molecule has 1 fully saturated rings. The fourth-order valence-corrected chi connectivity index (χ4v) is 2.00. The lowest BCUT2D eigenvalue weighted by atomic mass is 10.1. The Bertz CT molecular complexity index is 583. The number of amides is 3. The van der Waals surface area contributed by atoms with E-state index in [9.17, 15) is 14.4 Å². The zero-order chi connectivity index (χ0) is 16.8. The summed E-state index contributed by atoms with van der Waals surface area (Å²) in [7, 11) is 0. The number of nitrogens with zero attached hydrogens (tertiary/aromatic N) is 1. The van der Waals surface area contributed by atoms with Gasteiger partial charge in [-0.25, -0.2) is 9.59 Å². The van der Waals surface area contributed by atoms with Gasteiger partial charge in [-0.15, -0.1) is 0 Å². The van der Waals surface area contributed by atoms with E-state index in [0.717, 1.165) is 10.5 Å². The lowest BCUT2D eigenvalue weighted by molar-refractivity contribution is -0.130. The molecule has 7 nitrogen and oxygen atoms in total. The second kappa shape index (κ2) is 7.73. The molecule has 0 unspecified atom stereocenters. The number of hydrogen-bond donors (Lipinski definition) is 1. The van der Waals surface area contributed by atoms with Crippen LogP contribution in [0.5, 0.6) is 0 Å². The molecule has 1 N–H and O–H groups in total. The Morgan fingerprint density at radius 1 is 1.26 bits per heavy atom. The molecule has 0 saturated carbocycles. The van der Waals surface area contributed by atoms with Crippen molar-refractivity contribution in [1.29, 1.82) is 0 Å². The van der Waals surface area contributed by atoms with Gasteiger partial charge in [-0.05, 0) is 31.5 Å². The summed E-state index contributed by atoms with van der Waals surface area (Å²) in [6, 6.07) is 6.33. The summed E-state index contributed by atoms with van der Waals surface area (Å²) >= 11 is 0. The number of nitrogens with one attached hydrogen (secondary N) is 1. The Hall–Kier alpha value is -2.41. The minimum atomic E-state index is -0.603. The third kappa shape index (κ3) is 4.79. The van der Waals surface area contributed by atoms with Gasteiger partial charge in [0.25, 0.3) is 5.91 Å². The smallest absolute Gasteiger partial charge is 0.338 e. The number of urea groups is 1. The van der Waals surface area contributed by atoms with E-state index >= 15 is 0 Å². The second-order valence-electron chi connectivity index (χ2n) is 5.41. The summed E-state index contributed by atoms with van der Waals surface area (Å²) < 4.78 is 10.4. The van der Waals surface area contributed by atoms with Crippen molar-refractivity contribution < 1.29 is 23.9 Å². The first-order valence-corrected chi connectivity index (χ1v) is 7.43. The monoisotopic (exact) mass is 320 g/mol. The van der Waals surface area contributed by atoms with Crippen LogP contribution in [0.4, 0.5) is 4.79 Å². The number of imide groups is 1. The van der Waals surface area contributed by atoms with E-state index in [2.05, 4.69) is 5.32 Å². The molecule has 1 aliphatic heterocycles. The van der Waals surface area contributed by atoms with Crippen molar-refractivity contribution in [2.24, 2.45) is 0 Å². The van der Waals surface area contributed by atoms with Crippen molar-refractivity contribution in [1.82, 2.24) is 10.2 Å². The fraction of sp³-hybridized carbons (Fsp3) is 0.438. The van der Waals surface area contributed by atoms with Gasteiger partial charge in [0.05, 0.1) is 18.3 Å². The van der Waals surface area contributed by atoms with Crippen LogP contribution in [0.1, 0.15) is 29.8 Å². The van der Waals surface area contributed by atoms with Crippen LogP contribution < -0.4 is 5.32 Å². The van der Waals surface area contributed by atoms with Crippen molar-refractivity contribution in [2.45, 2.75) is 26.6 Å². The molecule has 1 aromatic rings. The van der Waals surface area contributed by atoms with Gasteiger partial charge >= 0.3 is 12.0 Å². The quantitative estimate of drug-likeness (QED) is 0.799. The van der Waals surface area contributed by atoms with E-state index in [4.69, 9.17) is 9.47 Å². The van der Waals surface area contributed by atoms with Crippen LogP contribution in [-0.2, 0) is 20.9 Å². The van der Waals surface area contributed by atoms with E-state index in [0.29, 0.717) is 25.3 Å². The second-order valence-corrected chi connectivity index (χ2v) is 5.41. The molecule has 0 aromatic heterocycles. The minimum Gasteiger partial charge on any atom is -0.452 e. The lowest BCUT2D eigenvalue weighted by Gasteiger charge is -2.12. The standard InChI is InChI=1S/C16H20N2O5/c1-11(2)22-9-12-3-5-13(6-4-12)15(20)23-10-14(19)18-8-7-17-16(18)21/h3-6,11H,7-10H2,1-2H3,(H,17,21). The Kier molecular flexibility index (Phi) is 5.70.